The number of rotatable bonds is 7. The molecule has 4 rings (SSSR count). The van der Waals surface area contributed by atoms with Gasteiger partial charge < -0.3 is 9.64 Å². The highest BCUT2D eigenvalue weighted by atomic mass is 35.5. The van der Waals surface area contributed by atoms with Gasteiger partial charge in [-0.15, -0.1) is 5.10 Å². The van der Waals surface area contributed by atoms with E-state index in [1.165, 1.54) is 24.6 Å². The lowest BCUT2D eigenvalue weighted by molar-refractivity contribution is -0.132. The van der Waals surface area contributed by atoms with Gasteiger partial charge in [-0.05, 0) is 62.6 Å². The Morgan fingerprint density at radius 2 is 1.93 bits per heavy atom. The quantitative estimate of drug-likeness (QED) is 0.634. The fraction of sp³-hybridized carbons (Fsp3) is 0.571. The number of thioether (sulfide) groups is 1. The molecule has 0 saturated heterocycles. The van der Waals surface area contributed by atoms with Crippen molar-refractivity contribution in [1.82, 2.24) is 20.1 Å². The third-order valence-corrected chi connectivity index (χ3v) is 6.88. The molecule has 8 heteroatoms. The Morgan fingerprint density at radius 1 is 1.24 bits per heavy atom. The van der Waals surface area contributed by atoms with Crippen LogP contribution in [0.2, 0.25) is 5.02 Å². The van der Waals surface area contributed by atoms with Crippen LogP contribution in [0.25, 0.3) is 11.4 Å². The Bertz CT molecular complexity index is 862. The van der Waals surface area contributed by atoms with E-state index in [1.807, 2.05) is 0 Å². The summed E-state index contributed by atoms with van der Waals surface area (Å²) in [5, 5.41) is 8.36. The van der Waals surface area contributed by atoms with E-state index in [9.17, 15) is 4.79 Å². The number of benzene rings is 1. The molecule has 0 aliphatic heterocycles. The monoisotopic (exact) mass is 434 g/mol. The van der Waals surface area contributed by atoms with Gasteiger partial charge in [-0.2, -0.15) is 0 Å². The molecule has 0 atom stereocenters. The van der Waals surface area contributed by atoms with Crippen LogP contribution in [0.3, 0.4) is 0 Å². The highest BCUT2D eigenvalue weighted by Gasteiger charge is 2.38. The minimum absolute atomic E-state index is 0.212. The summed E-state index contributed by atoms with van der Waals surface area (Å²) in [5.74, 6) is 2.62. The van der Waals surface area contributed by atoms with Gasteiger partial charge in [0.2, 0.25) is 11.1 Å². The summed E-state index contributed by atoms with van der Waals surface area (Å²) < 4.78 is 5.39. The van der Waals surface area contributed by atoms with Crippen LogP contribution in [0.1, 0.15) is 45.4 Å². The van der Waals surface area contributed by atoms with Crippen molar-refractivity contribution >= 4 is 29.3 Å². The maximum atomic E-state index is 13.0. The van der Waals surface area contributed by atoms with Crippen LogP contribution in [-0.2, 0) is 4.79 Å². The molecule has 2 aliphatic rings. The molecule has 1 aromatic carbocycles. The molecule has 1 N–H and O–H groups in total. The molecule has 1 aromatic heterocycles. The van der Waals surface area contributed by atoms with E-state index in [1.54, 1.807) is 25.3 Å². The number of H-pyrrole nitrogens is 1. The summed E-state index contributed by atoms with van der Waals surface area (Å²) in [7, 11) is 1.61. The fourth-order valence-electron chi connectivity index (χ4n) is 4.08. The van der Waals surface area contributed by atoms with E-state index in [2.05, 4.69) is 27.0 Å². The number of aromatic amines is 1. The SMILES string of the molecule is COc1ccc(Cl)cc1-c1nc(SCC(=O)N(C2CCC(C)CC2)C2CC2)n[nH]1. The lowest BCUT2D eigenvalue weighted by Crippen LogP contribution is -2.44. The molecule has 1 heterocycles. The van der Waals surface area contributed by atoms with Crippen molar-refractivity contribution < 1.29 is 9.53 Å². The first-order valence-corrected chi connectivity index (χ1v) is 11.6. The van der Waals surface area contributed by atoms with Crippen molar-refractivity contribution in [1.29, 1.82) is 0 Å². The minimum Gasteiger partial charge on any atom is -0.496 e. The Morgan fingerprint density at radius 3 is 2.59 bits per heavy atom. The third kappa shape index (κ3) is 4.89. The van der Waals surface area contributed by atoms with E-state index in [0.29, 0.717) is 39.6 Å². The molecule has 0 unspecified atom stereocenters. The van der Waals surface area contributed by atoms with Gasteiger partial charge in [0.05, 0.1) is 18.4 Å². The summed E-state index contributed by atoms with van der Waals surface area (Å²) in [4.78, 5) is 19.7. The molecular formula is C21H27ClN4O2S. The van der Waals surface area contributed by atoms with Gasteiger partial charge in [-0.25, -0.2) is 4.98 Å². The molecule has 2 aromatic rings. The zero-order valence-electron chi connectivity index (χ0n) is 16.9. The Kier molecular flexibility index (Phi) is 6.35. The second kappa shape index (κ2) is 8.96. The number of aromatic nitrogens is 3. The van der Waals surface area contributed by atoms with Gasteiger partial charge in [-0.1, -0.05) is 30.3 Å². The van der Waals surface area contributed by atoms with Crippen molar-refractivity contribution in [2.24, 2.45) is 5.92 Å². The van der Waals surface area contributed by atoms with Gasteiger partial charge >= 0.3 is 0 Å². The van der Waals surface area contributed by atoms with E-state index < -0.39 is 0 Å². The van der Waals surface area contributed by atoms with Gasteiger partial charge in [0.25, 0.3) is 0 Å². The first kappa shape index (κ1) is 20.5. The highest BCUT2D eigenvalue weighted by Crippen LogP contribution is 2.36. The zero-order chi connectivity index (χ0) is 20.4. The molecule has 6 nitrogen and oxygen atoms in total. The number of carbonyl (C=O) groups excluding carboxylic acids is 1. The van der Waals surface area contributed by atoms with Gasteiger partial charge in [-0.3, -0.25) is 9.89 Å². The summed E-state index contributed by atoms with van der Waals surface area (Å²) in [6.45, 7) is 2.31. The molecule has 0 spiro atoms. The smallest absolute Gasteiger partial charge is 0.233 e. The van der Waals surface area contributed by atoms with E-state index >= 15 is 0 Å². The normalized spacial score (nSPS) is 21.8. The van der Waals surface area contributed by atoms with Crippen LogP contribution in [0.15, 0.2) is 23.4 Å². The predicted octanol–water partition coefficient (Wildman–Crippen LogP) is 4.80. The number of carbonyl (C=O) groups is 1. The minimum atomic E-state index is 0.212. The van der Waals surface area contributed by atoms with Crippen LogP contribution < -0.4 is 4.74 Å². The zero-order valence-corrected chi connectivity index (χ0v) is 18.4. The number of hydrogen-bond acceptors (Lipinski definition) is 5. The number of halogens is 1. The molecule has 2 saturated carbocycles. The lowest BCUT2D eigenvalue weighted by Gasteiger charge is -2.36. The Balaban J connectivity index is 1.40. The second-order valence-electron chi connectivity index (χ2n) is 8.05. The number of nitrogens with one attached hydrogen (secondary N) is 1. The molecule has 2 fully saturated rings. The number of nitrogens with zero attached hydrogens (tertiary/aromatic N) is 3. The molecule has 156 valence electrons. The number of amides is 1. The van der Waals surface area contributed by atoms with E-state index in [-0.39, 0.29) is 5.91 Å². The fourth-order valence-corrected chi connectivity index (χ4v) is 4.92. The van der Waals surface area contributed by atoms with E-state index in [0.717, 1.165) is 37.2 Å². The molecule has 0 bridgehead atoms. The molecule has 0 radical (unpaired) electrons. The summed E-state index contributed by atoms with van der Waals surface area (Å²) in [6, 6.07) is 6.21. The van der Waals surface area contributed by atoms with Gasteiger partial charge in [0.1, 0.15) is 5.75 Å². The molecule has 29 heavy (non-hydrogen) atoms. The largest absolute Gasteiger partial charge is 0.496 e. The average Bonchev–Trinajstić information content (AvgIpc) is 3.44. The second-order valence-corrected chi connectivity index (χ2v) is 9.42. The third-order valence-electron chi connectivity index (χ3n) is 5.81. The summed E-state index contributed by atoms with van der Waals surface area (Å²) in [6.07, 6.45) is 6.99. The van der Waals surface area contributed by atoms with Crippen molar-refractivity contribution in [3.8, 4) is 17.1 Å². The van der Waals surface area contributed by atoms with Crippen molar-refractivity contribution in [3.63, 3.8) is 0 Å². The highest BCUT2D eigenvalue weighted by molar-refractivity contribution is 7.99. The summed E-state index contributed by atoms with van der Waals surface area (Å²) in [5.41, 5.74) is 0.751. The number of ether oxygens (including phenoxy) is 1. The van der Waals surface area contributed by atoms with Crippen molar-refractivity contribution in [3.05, 3.63) is 23.2 Å². The predicted molar refractivity (Wildman–Crippen MR) is 115 cm³/mol. The first-order valence-electron chi connectivity index (χ1n) is 10.3. The van der Waals surface area contributed by atoms with Crippen LogP contribution in [-0.4, -0.2) is 50.9 Å². The molecule has 2 aliphatic carbocycles. The van der Waals surface area contributed by atoms with Crippen LogP contribution in [0.4, 0.5) is 0 Å². The topological polar surface area (TPSA) is 71.1 Å². The van der Waals surface area contributed by atoms with Crippen molar-refractivity contribution in [2.45, 2.75) is 62.7 Å². The number of hydrogen-bond donors (Lipinski definition) is 1. The van der Waals surface area contributed by atoms with Crippen LogP contribution >= 0.6 is 23.4 Å². The Labute approximate surface area is 180 Å². The molecule has 1 amide bonds. The lowest BCUT2D eigenvalue weighted by atomic mass is 9.86. The number of methoxy groups -OCH3 is 1. The van der Waals surface area contributed by atoms with Crippen LogP contribution in [0, 0.1) is 5.92 Å². The van der Waals surface area contributed by atoms with Gasteiger partial charge in [0, 0.05) is 17.1 Å². The maximum Gasteiger partial charge on any atom is 0.233 e. The summed E-state index contributed by atoms with van der Waals surface area (Å²) >= 11 is 7.49. The Hall–Kier alpha value is -1.73. The standard InChI is InChI=1S/C21H27ClN4O2S/c1-13-3-6-15(7-4-13)26(16-8-9-16)19(27)12-29-21-23-20(24-25-21)17-11-14(22)5-10-18(17)28-2/h5,10-11,13,15-16H,3-4,6-9,12H2,1-2H3,(H,23,24,25). The molecular weight excluding hydrogens is 408 g/mol. The maximum absolute atomic E-state index is 13.0. The van der Waals surface area contributed by atoms with Crippen LogP contribution in [0.5, 0.6) is 5.75 Å². The average molecular weight is 435 g/mol. The van der Waals surface area contributed by atoms with Crippen molar-refractivity contribution in [2.75, 3.05) is 12.9 Å². The first-order chi connectivity index (χ1) is 14.0. The van der Waals surface area contributed by atoms with E-state index in [4.69, 9.17) is 16.3 Å². The van der Waals surface area contributed by atoms with Gasteiger partial charge in [0.15, 0.2) is 5.82 Å².